The largest absolute Gasteiger partial charge is 0.376 e. The Bertz CT molecular complexity index is 648. The highest BCUT2D eigenvalue weighted by Gasteiger charge is 2.27. The second-order valence-corrected chi connectivity index (χ2v) is 9.04. The van der Waals surface area contributed by atoms with Crippen molar-refractivity contribution < 1.29 is 9.53 Å². The third-order valence-electron chi connectivity index (χ3n) is 6.89. The molecule has 5 heteroatoms. The quantitative estimate of drug-likeness (QED) is 0.585. The van der Waals surface area contributed by atoms with E-state index in [1.165, 1.54) is 24.0 Å². The first-order chi connectivity index (χ1) is 14.6. The molecular formula is C25H41N3O2. The third kappa shape index (κ3) is 6.79. The first-order valence-corrected chi connectivity index (χ1v) is 12.0. The Morgan fingerprint density at radius 1 is 1.10 bits per heavy atom. The SMILES string of the molecule is CCN(CC)CC(=O)N(CC1CCN(Cc2ccccc2C)CC1)C[C@H]1CCCO1. The van der Waals surface area contributed by atoms with E-state index < -0.39 is 0 Å². The van der Waals surface area contributed by atoms with Gasteiger partial charge in [-0.3, -0.25) is 14.6 Å². The van der Waals surface area contributed by atoms with Gasteiger partial charge >= 0.3 is 0 Å². The molecule has 2 heterocycles. The van der Waals surface area contributed by atoms with Crippen LogP contribution < -0.4 is 0 Å². The van der Waals surface area contributed by atoms with E-state index in [4.69, 9.17) is 4.74 Å². The van der Waals surface area contributed by atoms with E-state index in [0.29, 0.717) is 12.5 Å². The van der Waals surface area contributed by atoms with Gasteiger partial charge in [-0.05, 0) is 75.8 Å². The van der Waals surface area contributed by atoms with Gasteiger partial charge in [0.15, 0.2) is 0 Å². The number of rotatable bonds is 10. The number of piperidine rings is 1. The summed E-state index contributed by atoms with van der Waals surface area (Å²) in [6, 6.07) is 8.70. The first kappa shape index (κ1) is 23.2. The molecule has 1 aromatic carbocycles. The summed E-state index contributed by atoms with van der Waals surface area (Å²) in [4.78, 5) is 20.0. The van der Waals surface area contributed by atoms with E-state index in [9.17, 15) is 4.79 Å². The van der Waals surface area contributed by atoms with Crippen molar-refractivity contribution in [3.8, 4) is 0 Å². The molecule has 0 spiro atoms. The van der Waals surface area contributed by atoms with E-state index in [0.717, 1.165) is 65.3 Å². The lowest BCUT2D eigenvalue weighted by Crippen LogP contribution is -2.47. The number of hydrogen-bond acceptors (Lipinski definition) is 4. The number of amides is 1. The van der Waals surface area contributed by atoms with Gasteiger partial charge in [0.2, 0.25) is 5.91 Å². The molecule has 2 fully saturated rings. The number of ether oxygens (including phenoxy) is 1. The lowest BCUT2D eigenvalue weighted by molar-refractivity contribution is -0.135. The predicted octanol–water partition coefficient (Wildman–Crippen LogP) is 3.56. The minimum Gasteiger partial charge on any atom is -0.376 e. The molecule has 0 saturated carbocycles. The van der Waals surface area contributed by atoms with Crippen LogP contribution in [0.3, 0.4) is 0 Å². The zero-order chi connectivity index (χ0) is 21.3. The Kier molecular flexibility index (Phi) is 9.16. The fourth-order valence-electron chi connectivity index (χ4n) is 4.72. The van der Waals surface area contributed by atoms with Gasteiger partial charge < -0.3 is 9.64 Å². The summed E-state index contributed by atoms with van der Waals surface area (Å²) in [5, 5.41) is 0. The van der Waals surface area contributed by atoms with Gasteiger partial charge in [-0.2, -0.15) is 0 Å². The lowest BCUT2D eigenvalue weighted by Gasteiger charge is -2.36. The van der Waals surface area contributed by atoms with Gasteiger partial charge in [-0.25, -0.2) is 0 Å². The molecule has 168 valence electrons. The molecule has 30 heavy (non-hydrogen) atoms. The van der Waals surface area contributed by atoms with Crippen molar-refractivity contribution in [1.29, 1.82) is 0 Å². The average Bonchev–Trinajstić information content (AvgIpc) is 3.27. The fraction of sp³-hybridized carbons (Fsp3) is 0.720. The van der Waals surface area contributed by atoms with Gasteiger partial charge in [0, 0.05) is 26.2 Å². The van der Waals surface area contributed by atoms with Gasteiger partial charge in [0.05, 0.1) is 12.6 Å². The van der Waals surface area contributed by atoms with Crippen molar-refractivity contribution in [2.45, 2.75) is 59.1 Å². The van der Waals surface area contributed by atoms with Gasteiger partial charge in [0.1, 0.15) is 0 Å². The van der Waals surface area contributed by atoms with E-state index in [2.05, 4.69) is 59.7 Å². The van der Waals surface area contributed by atoms with Crippen LogP contribution in [0.2, 0.25) is 0 Å². The Labute approximate surface area is 183 Å². The van der Waals surface area contributed by atoms with E-state index in [-0.39, 0.29) is 12.0 Å². The summed E-state index contributed by atoms with van der Waals surface area (Å²) in [6.07, 6.45) is 4.79. The zero-order valence-electron chi connectivity index (χ0n) is 19.3. The fourth-order valence-corrected chi connectivity index (χ4v) is 4.72. The van der Waals surface area contributed by atoms with Crippen molar-refractivity contribution in [3.05, 3.63) is 35.4 Å². The Morgan fingerprint density at radius 2 is 1.83 bits per heavy atom. The number of likely N-dealkylation sites (N-methyl/N-ethyl adjacent to an activating group) is 1. The van der Waals surface area contributed by atoms with Crippen molar-refractivity contribution in [2.24, 2.45) is 5.92 Å². The summed E-state index contributed by atoms with van der Waals surface area (Å²) >= 11 is 0. The summed E-state index contributed by atoms with van der Waals surface area (Å²) in [7, 11) is 0. The molecule has 0 aliphatic carbocycles. The summed E-state index contributed by atoms with van der Waals surface area (Å²) < 4.78 is 5.86. The molecule has 2 aliphatic rings. The van der Waals surface area contributed by atoms with Crippen LogP contribution in [0.1, 0.15) is 50.7 Å². The molecule has 0 N–H and O–H groups in total. The topological polar surface area (TPSA) is 36.0 Å². The zero-order valence-corrected chi connectivity index (χ0v) is 19.3. The summed E-state index contributed by atoms with van der Waals surface area (Å²) in [5.74, 6) is 0.872. The van der Waals surface area contributed by atoms with Crippen LogP contribution in [-0.4, -0.2) is 79.1 Å². The number of likely N-dealkylation sites (tertiary alicyclic amines) is 1. The molecule has 0 unspecified atom stereocenters. The number of nitrogens with zero attached hydrogens (tertiary/aromatic N) is 3. The highest BCUT2D eigenvalue weighted by molar-refractivity contribution is 5.78. The van der Waals surface area contributed by atoms with Crippen LogP contribution in [0.15, 0.2) is 24.3 Å². The second-order valence-electron chi connectivity index (χ2n) is 9.04. The van der Waals surface area contributed by atoms with Crippen molar-refractivity contribution in [3.63, 3.8) is 0 Å². The highest BCUT2D eigenvalue weighted by atomic mass is 16.5. The Hall–Kier alpha value is -1.43. The Morgan fingerprint density at radius 3 is 2.47 bits per heavy atom. The number of aryl methyl sites for hydroxylation is 1. The maximum absolute atomic E-state index is 13.1. The number of carbonyl (C=O) groups excluding carboxylic acids is 1. The maximum atomic E-state index is 13.1. The molecule has 5 nitrogen and oxygen atoms in total. The van der Waals surface area contributed by atoms with Gasteiger partial charge in [-0.15, -0.1) is 0 Å². The van der Waals surface area contributed by atoms with Gasteiger partial charge in [0.25, 0.3) is 0 Å². The summed E-state index contributed by atoms with van der Waals surface area (Å²) in [6.45, 7) is 14.6. The van der Waals surface area contributed by atoms with Crippen molar-refractivity contribution in [1.82, 2.24) is 14.7 Å². The van der Waals surface area contributed by atoms with Gasteiger partial charge in [-0.1, -0.05) is 38.1 Å². The molecule has 2 saturated heterocycles. The van der Waals surface area contributed by atoms with Crippen LogP contribution in [0.5, 0.6) is 0 Å². The molecular weight excluding hydrogens is 374 g/mol. The highest BCUT2D eigenvalue weighted by Crippen LogP contribution is 2.22. The van der Waals surface area contributed by atoms with Crippen molar-refractivity contribution in [2.75, 3.05) is 52.4 Å². The predicted molar refractivity (Wildman–Crippen MR) is 123 cm³/mol. The smallest absolute Gasteiger partial charge is 0.236 e. The molecule has 1 aromatic rings. The molecule has 1 atom stereocenters. The van der Waals surface area contributed by atoms with Crippen LogP contribution in [0.4, 0.5) is 0 Å². The normalized spacial score (nSPS) is 20.7. The average molecular weight is 416 g/mol. The summed E-state index contributed by atoms with van der Waals surface area (Å²) in [5.41, 5.74) is 2.81. The van der Waals surface area contributed by atoms with Crippen LogP contribution in [0, 0.1) is 12.8 Å². The molecule has 3 rings (SSSR count). The number of benzene rings is 1. The number of carbonyl (C=O) groups is 1. The molecule has 2 aliphatic heterocycles. The van der Waals surface area contributed by atoms with E-state index in [1.54, 1.807) is 0 Å². The molecule has 0 bridgehead atoms. The standard InChI is InChI=1S/C25H41N3O2/c1-4-26(5-2)20-25(29)28(19-24-11-8-16-30-24)17-22-12-14-27(15-13-22)18-23-10-7-6-9-21(23)3/h6-7,9-10,22,24H,4-5,8,11-20H2,1-3H3/t24-/m1/s1. The Balaban J connectivity index is 1.52. The number of hydrogen-bond donors (Lipinski definition) is 0. The molecule has 0 radical (unpaired) electrons. The third-order valence-corrected chi connectivity index (χ3v) is 6.89. The van der Waals surface area contributed by atoms with E-state index in [1.807, 2.05) is 0 Å². The lowest BCUT2D eigenvalue weighted by atomic mass is 9.95. The molecule has 0 aromatic heterocycles. The van der Waals surface area contributed by atoms with E-state index >= 15 is 0 Å². The second kappa shape index (κ2) is 11.8. The van der Waals surface area contributed by atoms with Crippen molar-refractivity contribution >= 4 is 5.91 Å². The monoisotopic (exact) mass is 415 g/mol. The molecule has 1 amide bonds. The van der Waals surface area contributed by atoms with Crippen LogP contribution in [0.25, 0.3) is 0 Å². The van der Waals surface area contributed by atoms with Crippen LogP contribution in [-0.2, 0) is 16.1 Å². The first-order valence-electron chi connectivity index (χ1n) is 12.0. The minimum absolute atomic E-state index is 0.229. The maximum Gasteiger partial charge on any atom is 0.236 e. The minimum atomic E-state index is 0.229. The van der Waals surface area contributed by atoms with Crippen LogP contribution >= 0.6 is 0 Å².